The molecule has 1 aromatic carbocycles. The topological polar surface area (TPSA) is 72.2 Å². The molecule has 0 atom stereocenters. The predicted octanol–water partition coefficient (Wildman–Crippen LogP) is 3.56. The molecule has 0 aliphatic carbocycles. The maximum atomic E-state index is 13.7. The van der Waals surface area contributed by atoms with E-state index < -0.39 is 15.8 Å². The molecule has 0 unspecified atom stereocenters. The number of benzene rings is 1. The summed E-state index contributed by atoms with van der Waals surface area (Å²) in [5.41, 5.74) is 5.26. The Labute approximate surface area is 132 Å². The van der Waals surface area contributed by atoms with Crippen molar-refractivity contribution in [2.24, 2.45) is 5.73 Å². The molecule has 0 fully saturated rings. The van der Waals surface area contributed by atoms with Crippen LogP contribution < -0.4 is 10.5 Å². The Kier molecular flexibility index (Phi) is 4.70. The fourth-order valence-corrected chi connectivity index (χ4v) is 5.26. The van der Waals surface area contributed by atoms with Crippen molar-refractivity contribution in [3.8, 4) is 0 Å². The summed E-state index contributed by atoms with van der Waals surface area (Å²) in [7, 11) is -3.91. The van der Waals surface area contributed by atoms with Crippen LogP contribution in [0.2, 0.25) is 5.02 Å². The van der Waals surface area contributed by atoms with Gasteiger partial charge in [0, 0.05) is 11.4 Å². The number of nitrogens with two attached hydrogens (primary N) is 1. The van der Waals surface area contributed by atoms with Crippen molar-refractivity contribution < 1.29 is 12.8 Å². The first-order valence-corrected chi connectivity index (χ1v) is 8.77. The van der Waals surface area contributed by atoms with Crippen molar-refractivity contribution in [3.63, 3.8) is 0 Å². The molecular formula is C11H9BrClFN2O2S2. The number of nitrogens with one attached hydrogen (secondary N) is 1. The van der Waals surface area contributed by atoms with Gasteiger partial charge in [0.25, 0.3) is 10.0 Å². The van der Waals surface area contributed by atoms with Gasteiger partial charge in [0.05, 0.1) is 14.5 Å². The standard InChI is InChI=1S/C11H9BrClFN2O2S2/c12-11-9(4-6(5-15)19-11)20(17,18)16-8-3-1-2-7(13)10(8)14/h1-4,16H,5,15H2. The molecule has 9 heteroatoms. The summed E-state index contributed by atoms with van der Waals surface area (Å²) >= 11 is 9.99. The minimum atomic E-state index is -3.91. The quantitative estimate of drug-likeness (QED) is 0.825. The van der Waals surface area contributed by atoms with E-state index >= 15 is 0 Å². The summed E-state index contributed by atoms with van der Waals surface area (Å²) in [6.45, 7) is 0.227. The number of hydrogen-bond donors (Lipinski definition) is 2. The molecule has 3 N–H and O–H groups in total. The normalized spacial score (nSPS) is 11.6. The second kappa shape index (κ2) is 5.98. The Morgan fingerprint density at radius 1 is 1.45 bits per heavy atom. The van der Waals surface area contributed by atoms with Crippen LogP contribution in [-0.4, -0.2) is 8.42 Å². The number of sulfonamides is 1. The lowest BCUT2D eigenvalue weighted by molar-refractivity contribution is 0.598. The smallest absolute Gasteiger partial charge is 0.263 e. The molecule has 0 saturated heterocycles. The van der Waals surface area contributed by atoms with Crippen molar-refractivity contribution in [3.05, 3.63) is 43.8 Å². The molecule has 0 aliphatic heterocycles. The number of anilines is 1. The van der Waals surface area contributed by atoms with Crippen molar-refractivity contribution >= 4 is 54.6 Å². The lowest BCUT2D eigenvalue weighted by Crippen LogP contribution is -2.13. The molecule has 2 aromatic rings. The van der Waals surface area contributed by atoms with Crippen molar-refractivity contribution in [2.75, 3.05) is 4.72 Å². The number of thiophene rings is 1. The molecule has 1 heterocycles. The zero-order valence-corrected chi connectivity index (χ0v) is 13.8. The molecule has 0 bridgehead atoms. The van der Waals surface area contributed by atoms with E-state index in [2.05, 4.69) is 20.7 Å². The van der Waals surface area contributed by atoms with Crippen LogP contribution in [0.4, 0.5) is 10.1 Å². The Bertz CT molecular complexity index is 749. The van der Waals surface area contributed by atoms with Crippen LogP contribution in [0.1, 0.15) is 4.88 Å². The van der Waals surface area contributed by atoms with Gasteiger partial charge in [-0.25, -0.2) is 12.8 Å². The minimum Gasteiger partial charge on any atom is -0.326 e. The van der Waals surface area contributed by atoms with E-state index in [4.69, 9.17) is 17.3 Å². The number of halogens is 3. The minimum absolute atomic E-state index is 0.0160. The van der Waals surface area contributed by atoms with Gasteiger partial charge in [0.1, 0.15) is 4.90 Å². The van der Waals surface area contributed by atoms with Gasteiger partial charge >= 0.3 is 0 Å². The SMILES string of the molecule is NCc1cc(S(=O)(=O)Nc2cccc(Cl)c2F)c(Br)s1. The average molecular weight is 400 g/mol. The third-order valence-corrected chi connectivity index (χ3v) is 6.32. The Morgan fingerprint density at radius 3 is 2.75 bits per heavy atom. The van der Waals surface area contributed by atoms with E-state index in [1.165, 1.54) is 35.6 Å². The largest absolute Gasteiger partial charge is 0.326 e. The predicted molar refractivity (Wildman–Crippen MR) is 82.1 cm³/mol. The zero-order valence-electron chi connectivity index (χ0n) is 9.86. The van der Waals surface area contributed by atoms with E-state index in [9.17, 15) is 12.8 Å². The van der Waals surface area contributed by atoms with Crippen LogP contribution in [0.5, 0.6) is 0 Å². The van der Waals surface area contributed by atoms with Gasteiger partial charge in [-0.15, -0.1) is 11.3 Å². The van der Waals surface area contributed by atoms with Crippen molar-refractivity contribution in [1.29, 1.82) is 0 Å². The highest BCUT2D eigenvalue weighted by Gasteiger charge is 2.22. The fraction of sp³-hybridized carbons (Fsp3) is 0.0909. The highest BCUT2D eigenvalue weighted by atomic mass is 79.9. The van der Waals surface area contributed by atoms with Crippen LogP contribution in [-0.2, 0) is 16.6 Å². The molecule has 0 saturated carbocycles. The van der Waals surface area contributed by atoms with Gasteiger partial charge < -0.3 is 5.73 Å². The molecule has 108 valence electrons. The maximum Gasteiger partial charge on any atom is 0.263 e. The molecule has 0 aliphatic rings. The molecule has 0 spiro atoms. The number of rotatable bonds is 4. The van der Waals surface area contributed by atoms with Gasteiger partial charge in [-0.05, 0) is 34.1 Å². The van der Waals surface area contributed by atoms with Crippen molar-refractivity contribution in [2.45, 2.75) is 11.4 Å². The van der Waals surface area contributed by atoms with Crippen LogP contribution in [0.25, 0.3) is 0 Å². The van der Waals surface area contributed by atoms with Gasteiger partial charge in [0.15, 0.2) is 5.82 Å². The lowest BCUT2D eigenvalue weighted by atomic mass is 10.3. The van der Waals surface area contributed by atoms with Crippen LogP contribution in [0.15, 0.2) is 32.9 Å². The van der Waals surface area contributed by atoms with E-state index in [1.54, 1.807) is 0 Å². The molecule has 0 radical (unpaired) electrons. The zero-order chi connectivity index (χ0) is 14.9. The van der Waals surface area contributed by atoms with Crippen molar-refractivity contribution in [1.82, 2.24) is 0 Å². The van der Waals surface area contributed by atoms with Crippen LogP contribution >= 0.6 is 38.9 Å². The third-order valence-electron chi connectivity index (χ3n) is 2.39. The van der Waals surface area contributed by atoms with Crippen LogP contribution in [0.3, 0.4) is 0 Å². The highest BCUT2D eigenvalue weighted by Crippen LogP contribution is 2.33. The molecule has 1 aromatic heterocycles. The Morgan fingerprint density at radius 2 is 2.15 bits per heavy atom. The van der Waals surface area contributed by atoms with Crippen LogP contribution in [0, 0.1) is 5.82 Å². The summed E-state index contributed by atoms with van der Waals surface area (Å²) in [6.07, 6.45) is 0. The van der Waals surface area contributed by atoms with Gasteiger partial charge in [0.2, 0.25) is 0 Å². The van der Waals surface area contributed by atoms with E-state index in [1.807, 2.05) is 0 Å². The van der Waals surface area contributed by atoms with Gasteiger partial charge in [-0.3, -0.25) is 4.72 Å². The fourth-order valence-electron chi connectivity index (χ4n) is 1.46. The summed E-state index contributed by atoms with van der Waals surface area (Å²) in [4.78, 5) is 0.714. The molecule has 4 nitrogen and oxygen atoms in total. The first-order valence-electron chi connectivity index (χ1n) is 5.30. The monoisotopic (exact) mass is 398 g/mol. The van der Waals surface area contributed by atoms with Gasteiger partial charge in [-0.1, -0.05) is 17.7 Å². The summed E-state index contributed by atoms with van der Waals surface area (Å²) in [6, 6.07) is 5.53. The average Bonchev–Trinajstić information content (AvgIpc) is 2.77. The summed E-state index contributed by atoms with van der Waals surface area (Å²) in [5.74, 6) is -0.817. The second-order valence-electron chi connectivity index (χ2n) is 3.76. The maximum absolute atomic E-state index is 13.7. The molecule has 0 amide bonds. The Hall–Kier alpha value is -0.670. The number of hydrogen-bond acceptors (Lipinski definition) is 4. The summed E-state index contributed by atoms with van der Waals surface area (Å²) in [5, 5.41) is -0.155. The molecule has 20 heavy (non-hydrogen) atoms. The van der Waals surface area contributed by atoms with E-state index in [-0.39, 0.29) is 22.2 Å². The second-order valence-corrected chi connectivity index (χ2v) is 8.27. The Balaban J connectivity index is 2.40. The lowest BCUT2D eigenvalue weighted by Gasteiger charge is -2.08. The summed E-state index contributed by atoms with van der Waals surface area (Å²) < 4.78 is 40.8. The highest BCUT2D eigenvalue weighted by molar-refractivity contribution is 9.11. The first-order chi connectivity index (χ1) is 9.35. The van der Waals surface area contributed by atoms with E-state index in [0.717, 1.165) is 0 Å². The first kappa shape index (κ1) is 15.7. The third kappa shape index (κ3) is 3.15. The van der Waals surface area contributed by atoms with E-state index in [0.29, 0.717) is 8.66 Å². The molecular weight excluding hydrogens is 391 g/mol. The van der Waals surface area contributed by atoms with Gasteiger partial charge in [-0.2, -0.15) is 0 Å². The molecule has 2 rings (SSSR count).